The Morgan fingerprint density at radius 1 is 1.18 bits per heavy atom. The molecule has 2 amide bonds. The van der Waals surface area contributed by atoms with Gasteiger partial charge in [0.1, 0.15) is 0 Å². The van der Waals surface area contributed by atoms with Crippen molar-refractivity contribution in [1.29, 1.82) is 0 Å². The van der Waals surface area contributed by atoms with E-state index in [1.54, 1.807) is 19.2 Å². The number of likely N-dealkylation sites (N-methyl/N-ethyl adjacent to an activating group) is 1. The van der Waals surface area contributed by atoms with Crippen molar-refractivity contribution in [3.8, 4) is 0 Å². The van der Waals surface area contributed by atoms with Crippen LogP contribution in [0.1, 0.15) is 12.0 Å². The van der Waals surface area contributed by atoms with E-state index in [2.05, 4.69) is 5.32 Å². The van der Waals surface area contributed by atoms with Crippen LogP contribution in [0.3, 0.4) is 0 Å². The highest BCUT2D eigenvalue weighted by Gasteiger charge is 2.29. The van der Waals surface area contributed by atoms with Crippen LogP contribution in [0.25, 0.3) is 0 Å². The molecule has 0 saturated carbocycles. The van der Waals surface area contributed by atoms with Crippen LogP contribution in [0.5, 0.6) is 0 Å². The lowest BCUT2D eigenvalue weighted by molar-refractivity contribution is -0.152. The number of thioether (sulfide) groups is 1. The van der Waals surface area contributed by atoms with Gasteiger partial charge in [-0.3, -0.25) is 14.4 Å². The number of anilines is 1. The van der Waals surface area contributed by atoms with Gasteiger partial charge < -0.3 is 15.0 Å². The second-order valence-corrected chi connectivity index (χ2v) is 8.01. The van der Waals surface area contributed by atoms with Crippen molar-refractivity contribution < 1.29 is 19.1 Å². The smallest absolute Gasteiger partial charge is 0.307 e. The highest BCUT2D eigenvalue weighted by atomic mass is 35.5. The van der Waals surface area contributed by atoms with Crippen LogP contribution < -0.4 is 5.32 Å². The van der Waals surface area contributed by atoms with Crippen LogP contribution in [-0.2, 0) is 25.7 Å². The summed E-state index contributed by atoms with van der Waals surface area (Å²) in [4.78, 5) is 38.8. The van der Waals surface area contributed by atoms with Crippen molar-refractivity contribution in [3.05, 3.63) is 59.1 Å². The minimum atomic E-state index is -0.583. The Hall–Kier alpha value is -2.51. The Kier molecular flexibility index (Phi) is 6.59. The number of hydrogen-bond acceptors (Lipinski definition) is 5. The molecule has 0 saturated heterocycles. The van der Waals surface area contributed by atoms with Gasteiger partial charge in [0.05, 0.1) is 17.4 Å². The number of nitrogens with one attached hydrogen (secondary N) is 1. The maximum absolute atomic E-state index is 12.2. The lowest BCUT2D eigenvalue weighted by atomic mass is 10.2. The normalized spacial score (nSPS) is 15.4. The van der Waals surface area contributed by atoms with Gasteiger partial charge in [-0.1, -0.05) is 35.9 Å². The Morgan fingerprint density at radius 3 is 2.64 bits per heavy atom. The Bertz CT molecular complexity index is 888. The highest BCUT2D eigenvalue weighted by molar-refractivity contribution is 8.01. The van der Waals surface area contributed by atoms with Gasteiger partial charge >= 0.3 is 5.97 Å². The summed E-state index contributed by atoms with van der Waals surface area (Å²) in [5, 5.41) is 2.82. The number of benzene rings is 2. The van der Waals surface area contributed by atoms with Crippen molar-refractivity contribution in [3.63, 3.8) is 0 Å². The first-order valence-corrected chi connectivity index (χ1v) is 9.88. The summed E-state index contributed by atoms with van der Waals surface area (Å²) in [6, 6.07) is 14.6. The number of ether oxygens (including phenoxy) is 1. The zero-order valence-electron chi connectivity index (χ0n) is 15.2. The van der Waals surface area contributed by atoms with Crippen molar-refractivity contribution in [2.75, 3.05) is 19.0 Å². The second-order valence-electron chi connectivity index (χ2n) is 6.33. The predicted octanol–water partition coefficient (Wildman–Crippen LogP) is 3.34. The Labute approximate surface area is 172 Å². The van der Waals surface area contributed by atoms with E-state index < -0.39 is 11.2 Å². The molecule has 6 nitrogen and oxygen atoms in total. The van der Waals surface area contributed by atoms with Crippen molar-refractivity contribution in [2.24, 2.45) is 0 Å². The molecule has 3 rings (SSSR count). The quantitative estimate of drug-likeness (QED) is 0.728. The molecular weight excluding hydrogens is 400 g/mol. The number of amides is 2. The molecule has 2 aromatic carbocycles. The third-order valence-electron chi connectivity index (χ3n) is 4.17. The molecule has 1 atom stereocenters. The minimum Gasteiger partial charge on any atom is -0.456 e. The number of fused-ring (bicyclic) bond motifs is 1. The molecular formula is C20H19ClN2O4S. The summed E-state index contributed by atoms with van der Waals surface area (Å²) in [7, 11) is 1.63. The second kappa shape index (κ2) is 9.12. The Balaban J connectivity index is 1.46. The first-order chi connectivity index (χ1) is 13.4. The number of para-hydroxylation sites is 1. The van der Waals surface area contributed by atoms with E-state index in [1.807, 2.05) is 36.4 Å². The highest BCUT2D eigenvalue weighted by Crippen LogP contribution is 2.36. The zero-order chi connectivity index (χ0) is 20.1. The monoisotopic (exact) mass is 418 g/mol. The fourth-order valence-electron chi connectivity index (χ4n) is 2.64. The molecule has 0 aliphatic carbocycles. The van der Waals surface area contributed by atoms with Gasteiger partial charge in [-0.2, -0.15) is 0 Å². The summed E-state index contributed by atoms with van der Waals surface area (Å²) >= 11 is 7.16. The van der Waals surface area contributed by atoms with Crippen LogP contribution in [0.2, 0.25) is 5.02 Å². The number of esters is 1. The lowest BCUT2D eigenvalue weighted by Crippen LogP contribution is -2.33. The molecule has 28 heavy (non-hydrogen) atoms. The number of nitrogens with zero attached hydrogens (tertiary/aromatic N) is 1. The van der Waals surface area contributed by atoms with Crippen LogP contribution >= 0.6 is 23.4 Å². The molecule has 0 radical (unpaired) electrons. The van der Waals surface area contributed by atoms with E-state index in [-0.39, 0.29) is 24.8 Å². The lowest BCUT2D eigenvalue weighted by Gasteiger charge is -2.23. The van der Waals surface area contributed by atoms with Crippen LogP contribution in [0.4, 0.5) is 5.69 Å². The largest absolute Gasteiger partial charge is 0.456 e. The molecule has 1 aliphatic heterocycles. The summed E-state index contributed by atoms with van der Waals surface area (Å²) in [5.74, 6) is -1.15. The minimum absolute atomic E-state index is 0.0982. The fraction of sp³-hybridized carbons (Fsp3) is 0.250. The molecule has 2 aromatic rings. The third-order valence-corrected chi connectivity index (χ3v) is 5.70. The number of carbonyl (C=O) groups excluding carboxylic acids is 3. The number of rotatable bonds is 6. The molecule has 146 valence electrons. The summed E-state index contributed by atoms with van der Waals surface area (Å²) < 4.78 is 5.08. The van der Waals surface area contributed by atoms with E-state index >= 15 is 0 Å². The standard InChI is InChI=1S/C20H19ClN2O4S/c1-23(11-13-6-8-14(21)9-7-13)18(24)12-27-19(25)10-17-20(26)22-15-4-2-3-5-16(15)28-17/h2-9,17H,10-12H2,1H3,(H,22,26)/t17-/m1/s1. The SMILES string of the molecule is CN(Cc1ccc(Cl)cc1)C(=O)COC(=O)C[C@H]1Sc2ccccc2NC1=O. The predicted molar refractivity (Wildman–Crippen MR) is 108 cm³/mol. The average molecular weight is 419 g/mol. The van der Waals surface area contributed by atoms with Crippen LogP contribution in [0, 0.1) is 0 Å². The number of halogens is 1. The first kappa shape index (κ1) is 20.2. The van der Waals surface area contributed by atoms with E-state index in [4.69, 9.17) is 16.3 Å². The maximum Gasteiger partial charge on any atom is 0.307 e. The number of carbonyl (C=O) groups is 3. The molecule has 0 fully saturated rings. The maximum atomic E-state index is 12.2. The van der Waals surface area contributed by atoms with Gasteiger partial charge in [0, 0.05) is 23.5 Å². The average Bonchev–Trinajstić information content (AvgIpc) is 2.68. The van der Waals surface area contributed by atoms with Gasteiger partial charge in [0.15, 0.2) is 6.61 Å². The molecule has 0 bridgehead atoms. The van der Waals surface area contributed by atoms with Crippen LogP contribution in [0.15, 0.2) is 53.4 Å². The van der Waals surface area contributed by atoms with Crippen molar-refractivity contribution >= 4 is 46.8 Å². The summed E-state index contributed by atoms with van der Waals surface area (Å²) in [6.07, 6.45) is -0.0982. The van der Waals surface area contributed by atoms with Crippen molar-refractivity contribution in [2.45, 2.75) is 23.1 Å². The number of hydrogen-bond donors (Lipinski definition) is 1. The van der Waals surface area contributed by atoms with E-state index in [0.717, 1.165) is 16.1 Å². The Morgan fingerprint density at radius 2 is 1.89 bits per heavy atom. The summed E-state index contributed by atoms with van der Waals surface area (Å²) in [5.41, 5.74) is 1.65. The first-order valence-electron chi connectivity index (χ1n) is 8.63. The third kappa shape index (κ3) is 5.27. The van der Waals surface area contributed by atoms with Gasteiger partial charge in [-0.05, 0) is 29.8 Å². The molecule has 1 heterocycles. The van der Waals surface area contributed by atoms with Gasteiger partial charge in [0.2, 0.25) is 5.91 Å². The molecule has 0 spiro atoms. The van der Waals surface area contributed by atoms with Gasteiger partial charge in [0.25, 0.3) is 5.91 Å². The molecule has 0 aromatic heterocycles. The molecule has 1 aliphatic rings. The summed E-state index contributed by atoms with van der Waals surface area (Å²) in [6.45, 7) is 0.0176. The van der Waals surface area contributed by atoms with Crippen molar-refractivity contribution in [1.82, 2.24) is 4.90 Å². The van der Waals surface area contributed by atoms with Gasteiger partial charge in [-0.25, -0.2) is 0 Å². The van der Waals surface area contributed by atoms with Gasteiger partial charge in [-0.15, -0.1) is 11.8 Å². The van der Waals surface area contributed by atoms with E-state index in [1.165, 1.54) is 16.7 Å². The molecule has 0 unspecified atom stereocenters. The molecule has 8 heteroatoms. The molecule has 1 N–H and O–H groups in total. The van der Waals surface area contributed by atoms with Crippen LogP contribution in [-0.4, -0.2) is 41.6 Å². The zero-order valence-corrected chi connectivity index (χ0v) is 16.8. The topological polar surface area (TPSA) is 75.7 Å². The van der Waals surface area contributed by atoms with E-state index in [9.17, 15) is 14.4 Å². The fourth-order valence-corrected chi connectivity index (χ4v) is 3.86. The van der Waals surface area contributed by atoms with E-state index in [0.29, 0.717) is 11.6 Å².